The third-order valence-electron chi connectivity index (χ3n) is 5.77. The van der Waals surface area contributed by atoms with Crippen LogP contribution in [0.15, 0.2) is 36.7 Å². The van der Waals surface area contributed by atoms with Crippen LogP contribution in [-0.2, 0) is 5.54 Å². The fourth-order valence-electron chi connectivity index (χ4n) is 4.19. The number of aromatic amines is 1. The maximum atomic E-state index is 6.35. The molecule has 0 bridgehead atoms. The topological polar surface area (TPSA) is 62.6 Å². The second-order valence-electron chi connectivity index (χ2n) is 7.55. The van der Waals surface area contributed by atoms with Gasteiger partial charge in [-0.15, -0.1) is 4.80 Å². The highest BCUT2D eigenvalue weighted by Crippen LogP contribution is 2.43. The lowest BCUT2D eigenvalue weighted by Crippen LogP contribution is -2.40. The first kappa shape index (κ1) is 18.5. The van der Waals surface area contributed by atoms with E-state index in [1.165, 1.54) is 0 Å². The van der Waals surface area contributed by atoms with Gasteiger partial charge >= 0.3 is 0 Å². The molecule has 1 aliphatic heterocycles. The Morgan fingerprint density at radius 2 is 2.00 bits per heavy atom. The highest BCUT2D eigenvalue weighted by atomic mass is 35.5. The number of halogens is 2. The van der Waals surface area contributed by atoms with Gasteiger partial charge < -0.3 is 9.88 Å². The van der Waals surface area contributed by atoms with Gasteiger partial charge in [-0.1, -0.05) is 23.2 Å². The summed E-state index contributed by atoms with van der Waals surface area (Å²) in [5.41, 5.74) is 4.25. The quantitative estimate of drug-likeness (QED) is 0.497. The van der Waals surface area contributed by atoms with Crippen molar-refractivity contribution in [2.45, 2.75) is 32.2 Å². The highest BCUT2D eigenvalue weighted by Gasteiger charge is 2.42. The van der Waals surface area contributed by atoms with E-state index < -0.39 is 0 Å². The van der Waals surface area contributed by atoms with E-state index in [1.807, 2.05) is 25.1 Å². The number of hydrogen-bond donors (Lipinski definition) is 1. The number of nitrogens with one attached hydrogen (secondary N) is 1. The number of benzene rings is 2. The Bertz CT molecular complexity index is 1200. The smallest absolute Gasteiger partial charge is 0.132 e. The van der Waals surface area contributed by atoms with Gasteiger partial charge in [-0.3, -0.25) is 0 Å². The average molecular weight is 426 g/mol. The van der Waals surface area contributed by atoms with Crippen molar-refractivity contribution in [2.24, 2.45) is 0 Å². The summed E-state index contributed by atoms with van der Waals surface area (Å²) in [5, 5.41) is 9.93. The molecular weight excluding hydrogens is 407 g/mol. The Morgan fingerprint density at radius 3 is 2.79 bits per heavy atom. The maximum absolute atomic E-state index is 6.35. The van der Waals surface area contributed by atoms with Gasteiger partial charge in [0.15, 0.2) is 0 Å². The number of aryl methyl sites for hydroxylation is 1. The summed E-state index contributed by atoms with van der Waals surface area (Å²) in [6.45, 7) is 5.07. The largest absolute Gasteiger partial charge is 0.357 e. The van der Waals surface area contributed by atoms with Gasteiger partial charge in [0.2, 0.25) is 0 Å². The van der Waals surface area contributed by atoms with E-state index in [1.54, 1.807) is 23.3 Å². The van der Waals surface area contributed by atoms with Crippen LogP contribution < -0.4 is 4.90 Å². The molecule has 1 N–H and O–H groups in total. The van der Waals surface area contributed by atoms with Crippen LogP contribution in [0.25, 0.3) is 16.7 Å². The second-order valence-corrected chi connectivity index (χ2v) is 8.40. The fourth-order valence-corrected chi connectivity index (χ4v) is 4.50. The first-order chi connectivity index (χ1) is 14.0. The molecule has 147 valence electrons. The first-order valence-corrected chi connectivity index (χ1v) is 10.2. The molecule has 6 nitrogen and oxygen atoms in total. The van der Waals surface area contributed by atoms with E-state index in [-0.39, 0.29) is 5.54 Å². The Labute approximate surface area is 178 Å². The molecule has 0 unspecified atom stereocenters. The maximum Gasteiger partial charge on any atom is 0.132 e. The van der Waals surface area contributed by atoms with E-state index >= 15 is 0 Å². The summed E-state index contributed by atoms with van der Waals surface area (Å²) in [7, 11) is 0. The van der Waals surface area contributed by atoms with Gasteiger partial charge in [0.1, 0.15) is 11.5 Å². The number of hydrogen-bond acceptors (Lipinski definition) is 4. The van der Waals surface area contributed by atoms with Crippen molar-refractivity contribution in [1.82, 2.24) is 25.0 Å². The molecule has 8 heteroatoms. The third-order valence-corrected chi connectivity index (χ3v) is 6.39. The Hall–Kier alpha value is -2.57. The molecule has 0 spiro atoms. The first-order valence-electron chi connectivity index (χ1n) is 9.48. The summed E-state index contributed by atoms with van der Waals surface area (Å²) in [5.74, 6) is 0.912. The van der Waals surface area contributed by atoms with Crippen LogP contribution in [0.2, 0.25) is 10.0 Å². The second kappa shape index (κ2) is 6.75. The lowest BCUT2D eigenvalue weighted by atomic mass is 9.97. The molecule has 0 saturated carbocycles. The Balaban J connectivity index is 1.66. The number of H-pyrrole nitrogens is 1. The normalized spacial score (nSPS) is 19.4. The SMILES string of the molecule is Cc1c(Cl)ccc2[nH]c([C@]3(C)CCCN3c3cc(Cl)c[c]c3-n3nccn3)nc12. The van der Waals surface area contributed by atoms with Gasteiger partial charge in [0.25, 0.3) is 0 Å². The molecule has 1 aliphatic rings. The molecule has 1 atom stereocenters. The Kier molecular flexibility index (Phi) is 4.29. The number of anilines is 1. The van der Waals surface area contributed by atoms with Crippen LogP contribution in [-0.4, -0.2) is 31.5 Å². The molecule has 2 aromatic heterocycles. The van der Waals surface area contributed by atoms with E-state index in [4.69, 9.17) is 28.2 Å². The summed E-state index contributed by atoms with van der Waals surface area (Å²) in [6, 6.07) is 10.8. The summed E-state index contributed by atoms with van der Waals surface area (Å²) < 4.78 is 0. The number of imidazole rings is 1. The molecule has 2 aromatic carbocycles. The molecule has 1 fully saturated rings. The van der Waals surface area contributed by atoms with E-state index in [9.17, 15) is 0 Å². The van der Waals surface area contributed by atoms with Crippen LogP contribution in [0.5, 0.6) is 0 Å². The molecule has 1 saturated heterocycles. The predicted octanol–water partition coefficient (Wildman–Crippen LogP) is 5.07. The standard InChI is InChI=1S/C21H19Cl2N6/c1-13-15(23)5-6-16-19(13)27-20(26-16)21(2)8-3-11-28(21)18-12-14(22)4-7-17(18)29-24-9-10-25-29/h4-6,9-10,12H,3,8,11H2,1-2H3,(H,26,27)/t21-/m0/s1. The molecule has 0 aliphatic carbocycles. The predicted molar refractivity (Wildman–Crippen MR) is 115 cm³/mol. The summed E-state index contributed by atoms with van der Waals surface area (Å²) >= 11 is 12.7. The minimum absolute atomic E-state index is 0.335. The van der Waals surface area contributed by atoms with Gasteiger partial charge in [-0.25, -0.2) is 4.98 Å². The number of nitrogens with zero attached hydrogens (tertiary/aromatic N) is 5. The summed E-state index contributed by atoms with van der Waals surface area (Å²) in [4.78, 5) is 12.4. The zero-order chi connectivity index (χ0) is 20.2. The van der Waals surface area contributed by atoms with Crippen LogP contribution in [0.4, 0.5) is 5.69 Å². The summed E-state index contributed by atoms with van der Waals surface area (Å²) in [6.07, 6.45) is 5.30. The fraction of sp³-hybridized carbons (Fsp3) is 0.286. The van der Waals surface area contributed by atoms with Crippen molar-refractivity contribution in [3.8, 4) is 5.69 Å². The van der Waals surface area contributed by atoms with Gasteiger partial charge in [-0.2, -0.15) is 10.2 Å². The number of fused-ring (bicyclic) bond motifs is 1. The molecule has 1 radical (unpaired) electrons. The zero-order valence-corrected chi connectivity index (χ0v) is 17.6. The molecule has 5 rings (SSSR count). The third kappa shape index (κ3) is 2.90. The zero-order valence-electron chi connectivity index (χ0n) is 16.1. The van der Waals surface area contributed by atoms with Gasteiger partial charge in [-0.05, 0) is 56.5 Å². The van der Waals surface area contributed by atoms with Gasteiger partial charge in [0, 0.05) is 22.7 Å². The lowest BCUT2D eigenvalue weighted by molar-refractivity contribution is 0.466. The van der Waals surface area contributed by atoms with E-state index in [0.717, 1.165) is 58.2 Å². The van der Waals surface area contributed by atoms with Crippen molar-refractivity contribution < 1.29 is 0 Å². The minimum atomic E-state index is -0.335. The molecule has 3 heterocycles. The number of rotatable bonds is 3. The van der Waals surface area contributed by atoms with E-state index in [2.05, 4.69) is 33.1 Å². The monoisotopic (exact) mass is 425 g/mol. The number of aromatic nitrogens is 5. The van der Waals surface area contributed by atoms with Crippen molar-refractivity contribution in [3.63, 3.8) is 0 Å². The van der Waals surface area contributed by atoms with Crippen LogP contribution in [0, 0.1) is 13.0 Å². The lowest BCUT2D eigenvalue weighted by Gasteiger charge is -2.36. The van der Waals surface area contributed by atoms with Crippen molar-refractivity contribution in [1.29, 1.82) is 0 Å². The van der Waals surface area contributed by atoms with Crippen molar-refractivity contribution in [2.75, 3.05) is 11.4 Å². The van der Waals surface area contributed by atoms with Gasteiger partial charge in [0.05, 0.1) is 34.7 Å². The van der Waals surface area contributed by atoms with E-state index in [0.29, 0.717) is 5.02 Å². The highest BCUT2D eigenvalue weighted by molar-refractivity contribution is 6.32. The van der Waals surface area contributed by atoms with Crippen LogP contribution in [0.3, 0.4) is 0 Å². The molecule has 0 amide bonds. The van der Waals surface area contributed by atoms with Crippen LogP contribution in [0.1, 0.15) is 31.2 Å². The van der Waals surface area contributed by atoms with Crippen LogP contribution >= 0.6 is 23.2 Å². The molecular formula is C21H19Cl2N6. The molecule has 29 heavy (non-hydrogen) atoms. The minimum Gasteiger partial charge on any atom is -0.357 e. The molecule has 4 aromatic rings. The Morgan fingerprint density at radius 1 is 1.21 bits per heavy atom. The average Bonchev–Trinajstić information content (AvgIpc) is 3.44. The van der Waals surface area contributed by atoms with Crippen molar-refractivity contribution in [3.05, 3.63) is 64.2 Å². The van der Waals surface area contributed by atoms with Crippen molar-refractivity contribution >= 4 is 39.9 Å².